The van der Waals surface area contributed by atoms with Crippen molar-refractivity contribution in [2.45, 2.75) is 19.5 Å². The van der Waals surface area contributed by atoms with Crippen molar-refractivity contribution in [3.05, 3.63) is 78.8 Å². The normalized spacial score (nSPS) is 16.8. The summed E-state index contributed by atoms with van der Waals surface area (Å²) >= 11 is 0. The SMILES string of the molecule is CC1CNCCN1N(c1ccccc1)c1cc2c(ccn2Cc2cccnc2N(C)S(C)(=O)=O)cn1. The fourth-order valence-corrected chi connectivity index (χ4v) is 5.09. The van der Waals surface area contributed by atoms with Crippen LogP contribution in [0.5, 0.6) is 0 Å². The molecule has 1 unspecified atom stereocenters. The lowest BCUT2D eigenvalue weighted by Crippen LogP contribution is -2.56. The average molecular weight is 506 g/mol. The second-order valence-electron chi connectivity index (χ2n) is 9.13. The Labute approximate surface area is 212 Å². The third-order valence-corrected chi connectivity index (χ3v) is 7.75. The minimum atomic E-state index is -3.43. The largest absolute Gasteiger partial charge is 0.343 e. The number of hydrogen-bond acceptors (Lipinski definition) is 7. The third-order valence-electron chi connectivity index (χ3n) is 6.59. The van der Waals surface area contributed by atoms with Crippen LogP contribution < -0.4 is 14.6 Å². The van der Waals surface area contributed by atoms with Gasteiger partial charge in [-0.05, 0) is 31.2 Å². The van der Waals surface area contributed by atoms with Gasteiger partial charge in [-0.2, -0.15) is 0 Å². The number of aromatic nitrogens is 3. The van der Waals surface area contributed by atoms with Gasteiger partial charge in [-0.1, -0.05) is 24.3 Å². The molecule has 0 saturated carbocycles. The molecule has 1 N–H and O–H groups in total. The van der Waals surface area contributed by atoms with E-state index >= 15 is 0 Å². The van der Waals surface area contributed by atoms with Gasteiger partial charge in [-0.25, -0.2) is 23.4 Å². The van der Waals surface area contributed by atoms with Crippen molar-refractivity contribution in [1.82, 2.24) is 24.9 Å². The average Bonchev–Trinajstić information content (AvgIpc) is 3.27. The maximum Gasteiger partial charge on any atom is 0.233 e. The van der Waals surface area contributed by atoms with Crippen molar-refractivity contribution in [2.24, 2.45) is 0 Å². The molecule has 5 rings (SSSR count). The summed E-state index contributed by atoms with van der Waals surface area (Å²) < 4.78 is 27.7. The van der Waals surface area contributed by atoms with Gasteiger partial charge in [0.05, 0.1) is 24.0 Å². The van der Waals surface area contributed by atoms with Gasteiger partial charge >= 0.3 is 0 Å². The summed E-state index contributed by atoms with van der Waals surface area (Å²) in [4.78, 5) is 9.20. The third kappa shape index (κ3) is 4.79. The van der Waals surface area contributed by atoms with Gasteiger partial charge in [0, 0.05) is 68.3 Å². The van der Waals surface area contributed by atoms with E-state index in [9.17, 15) is 8.42 Å². The number of rotatable bonds is 7. The Balaban J connectivity index is 1.56. The quantitative estimate of drug-likeness (QED) is 0.413. The molecule has 1 aliphatic rings. The van der Waals surface area contributed by atoms with Gasteiger partial charge in [0.25, 0.3) is 0 Å². The number of hydrazine groups is 1. The Morgan fingerprint density at radius 3 is 2.67 bits per heavy atom. The highest BCUT2D eigenvalue weighted by Crippen LogP contribution is 2.31. The van der Waals surface area contributed by atoms with E-state index in [0.717, 1.165) is 47.6 Å². The highest BCUT2D eigenvalue weighted by atomic mass is 32.2. The fourth-order valence-electron chi connectivity index (χ4n) is 4.61. The lowest BCUT2D eigenvalue weighted by Gasteiger charge is -2.42. The molecule has 3 aromatic heterocycles. The van der Waals surface area contributed by atoms with Gasteiger partial charge in [0.15, 0.2) is 0 Å². The maximum absolute atomic E-state index is 12.2. The number of nitrogens with one attached hydrogen (secondary N) is 1. The summed E-state index contributed by atoms with van der Waals surface area (Å²) in [5.41, 5.74) is 2.89. The molecule has 0 amide bonds. The number of hydrogen-bond donors (Lipinski definition) is 1. The molecule has 36 heavy (non-hydrogen) atoms. The summed E-state index contributed by atoms with van der Waals surface area (Å²) in [6.07, 6.45) is 6.71. The van der Waals surface area contributed by atoms with Crippen LogP contribution in [-0.4, -0.2) is 66.9 Å². The van der Waals surface area contributed by atoms with Crippen molar-refractivity contribution in [3.8, 4) is 0 Å². The van der Waals surface area contributed by atoms with E-state index in [0.29, 0.717) is 18.4 Å². The molecule has 4 aromatic rings. The lowest BCUT2D eigenvalue weighted by atomic mass is 10.2. The number of benzene rings is 1. The fraction of sp³-hybridized carbons (Fsp3) is 0.308. The van der Waals surface area contributed by atoms with Crippen LogP contribution in [0.15, 0.2) is 73.2 Å². The first kappa shape index (κ1) is 24.2. The number of fused-ring (bicyclic) bond motifs is 1. The molecule has 0 aliphatic carbocycles. The van der Waals surface area contributed by atoms with Gasteiger partial charge in [-0.3, -0.25) is 9.31 Å². The van der Waals surface area contributed by atoms with Gasteiger partial charge in [-0.15, -0.1) is 0 Å². The molecule has 1 saturated heterocycles. The number of nitrogens with zero attached hydrogens (tertiary/aromatic N) is 6. The monoisotopic (exact) mass is 505 g/mol. The molecule has 10 heteroatoms. The predicted molar refractivity (Wildman–Crippen MR) is 144 cm³/mol. The van der Waals surface area contributed by atoms with Crippen molar-refractivity contribution in [1.29, 1.82) is 0 Å². The van der Waals surface area contributed by atoms with Crippen molar-refractivity contribution >= 4 is 38.2 Å². The number of para-hydroxylation sites is 1. The number of anilines is 3. The second kappa shape index (κ2) is 9.88. The second-order valence-corrected chi connectivity index (χ2v) is 11.1. The van der Waals surface area contributed by atoms with E-state index in [1.54, 1.807) is 6.20 Å². The zero-order valence-electron chi connectivity index (χ0n) is 20.7. The molecule has 1 atom stereocenters. The Kier molecular flexibility index (Phi) is 6.65. The van der Waals surface area contributed by atoms with Crippen molar-refractivity contribution in [3.63, 3.8) is 0 Å². The van der Waals surface area contributed by atoms with E-state index in [4.69, 9.17) is 4.98 Å². The van der Waals surface area contributed by atoms with Crippen LogP contribution in [0.4, 0.5) is 17.3 Å². The zero-order chi connectivity index (χ0) is 25.3. The van der Waals surface area contributed by atoms with Crippen molar-refractivity contribution in [2.75, 3.05) is 42.3 Å². The summed E-state index contributed by atoms with van der Waals surface area (Å²) in [6, 6.07) is 18.5. The van der Waals surface area contributed by atoms with Gasteiger partial charge < -0.3 is 9.88 Å². The predicted octanol–water partition coefficient (Wildman–Crippen LogP) is 3.22. The lowest BCUT2D eigenvalue weighted by molar-refractivity contribution is 0.174. The maximum atomic E-state index is 12.2. The van der Waals surface area contributed by atoms with E-state index in [-0.39, 0.29) is 0 Å². The summed E-state index contributed by atoms with van der Waals surface area (Å²) in [6.45, 7) is 5.37. The molecule has 1 fully saturated rings. The van der Waals surface area contributed by atoms with Crippen LogP contribution in [-0.2, 0) is 16.6 Å². The molecule has 4 heterocycles. The topological polar surface area (TPSA) is 86.6 Å². The molecular weight excluding hydrogens is 474 g/mol. The van der Waals surface area contributed by atoms with Crippen LogP contribution in [0, 0.1) is 0 Å². The summed E-state index contributed by atoms with van der Waals surface area (Å²) in [7, 11) is -1.90. The Bertz CT molecular complexity index is 1460. The smallest absolute Gasteiger partial charge is 0.233 e. The zero-order valence-corrected chi connectivity index (χ0v) is 21.6. The Hall–Kier alpha value is -3.47. The number of piperazine rings is 1. The van der Waals surface area contributed by atoms with E-state index in [1.165, 1.54) is 17.6 Å². The highest BCUT2D eigenvalue weighted by Gasteiger charge is 2.27. The molecule has 1 aliphatic heterocycles. The van der Waals surface area contributed by atoms with E-state index in [2.05, 4.69) is 50.0 Å². The first-order valence-electron chi connectivity index (χ1n) is 12.0. The van der Waals surface area contributed by atoms with E-state index < -0.39 is 10.0 Å². The molecule has 9 nitrogen and oxygen atoms in total. The van der Waals surface area contributed by atoms with Crippen LogP contribution in [0.3, 0.4) is 0 Å². The highest BCUT2D eigenvalue weighted by molar-refractivity contribution is 7.92. The first-order chi connectivity index (χ1) is 17.3. The number of sulfonamides is 1. The number of pyridine rings is 2. The van der Waals surface area contributed by atoms with Crippen LogP contribution in [0.25, 0.3) is 10.9 Å². The molecule has 0 radical (unpaired) electrons. The minimum absolute atomic E-state index is 0.299. The van der Waals surface area contributed by atoms with Gasteiger partial charge in [0.2, 0.25) is 10.0 Å². The van der Waals surface area contributed by atoms with Crippen LogP contribution >= 0.6 is 0 Å². The van der Waals surface area contributed by atoms with E-state index in [1.807, 2.05) is 48.8 Å². The minimum Gasteiger partial charge on any atom is -0.343 e. The summed E-state index contributed by atoms with van der Waals surface area (Å²) in [5.74, 6) is 1.26. The van der Waals surface area contributed by atoms with Crippen LogP contribution in [0.2, 0.25) is 0 Å². The summed E-state index contributed by atoms with van der Waals surface area (Å²) in [5, 5.41) is 9.04. The molecule has 188 valence electrons. The Morgan fingerprint density at radius 2 is 1.92 bits per heavy atom. The molecule has 0 spiro atoms. The van der Waals surface area contributed by atoms with Gasteiger partial charge in [0.1, 0.15) is 11.6 Å². The molecule has 0 bridgehead atoms. The molecule has 1 aromatic carbocycles. The van der Waals surface area contributed by atoms with Crippen molar-refractivity contribution < 1.29 is 8.42 Å². The molecular formula is C26H31N7O2S. The standard InChI is InChI=1S/C26H31N7O2S/c1-20-17-27-13-15-32(20)33(23-9-5-4-6-10-23)25-16-24-21(18-29-25)11-14-31(24)19-22-8-7-12-28-26(22)30(2)36(3,34)35/h4-12,14,16,18,20,27H,13,15,17,19H2,1-3H3. The van der Waals surface area contributed by atoms with Crippen LogP contribution in [0.1, 0.15) is 12.5 Å². The Morgan fingerprint density at radius 1 is 1.11 bits per heavy atom. The first-order valence-corrected chi connectivity index (χ1v) is 13.8.